The van der Waals surface area contributed by atoms with Crippen LogP contribution in [0.25, 0.3) is 0 Å². The first-order valence-electron chi connectivity index (χ1n) is 8.47. The van der Waals surface area contributed by atoms with Gasteiger partial charge in [0.15, 0.2) is 0 Å². The molecule has 2 aliphatic rings. The summed E-state index contributed by atoms with van der Waals surface area (Å²) >= 11 is 0. The van der Waals surface area contributed by atoms with Gasteiger partial charge in [-0.05, 0) is 49.4 Å². The summed E-state index contributed by atoms with van der Waals surface area (Å²) in [5.41, 5.74) is 4.97. The molecule has 2 heterocycles. The molecule has 0 unspecified atom stereocenters. The number of aryl methyl sites for hydroxylation is 1. The number of benzene rings is 2. The average Bonchev–Trinajstić information content (AvgIpc) is 2.90. The zero-order chi connectivity index (χ0) is 15.8. The Bertz CT molecular complexity index is 740. The Morgan fingerprint density at radius 2 is 1.74 bits per heavy atom. The maximum Gasteiger partial charge on any atom is 0.246 e. The number of fused-ring (bicyclic) bond motifs is 2. The molecular formula is C20H22N2O. The Morgan fingerprint density at radius 3 is 2.57 bits per heavy atom. The standard InChI is InChI=1S/C20H22N2O/c1-15-13-17-8-3-5-11-19(17)22(15)14-20(23)21-12-6-9-16-7-2-4-10-18(16)21/h2-5,7-8,10-11,15H,6,9,12-14H2,1H3/t15-/m1/s1. The fourth-order valence-electron chi connectivity index (χ4n) is 3.89. The zero-order valence-electron chi connectivity index (χ0n) is 13.5. The molecule has 2 aromatic rings. The number of para-hydroxylation sites is 2. The monoisotopic (exact) mass is 306 g/mol. The van der Waals surface area contributed by atoms with E-state index < -0.39 is 0 Å². The zero-order valence-corrected chi connectivity index (χ0v) is 13.5. The topological polar surface area (TPSA) is 23.6 Å². The highest BCUT2D eigenvalue weighted by Gasteiger charge is 2.30. The molecule has 0 fully saturated rings. The van der Waals surface area contributed by atoms with E-state index in [9.17, 15) is 4.79 Å². The maximum atomic E-state index is 13.0. The molecule has 0 aromatic heterocycles. The lowest BCUT2D eigenvalue weighted by molar-refractivity contribution is -0.117. The summed E-state index contributed by atoms with van der Waals surface area (Å²) in [5.74, 6) is 0.209. The summed E-state index contributed by atoms with van der Waals surface area (Å²) in [7, 11) is 0. The van der Waals surface area contributed by atoms with Gasteiger partial charge in [-0.1, -0.05) is 36.4 Å². The number of hydrogen-bond acceptors (Lipinski definition) is 2. The van der Waals surface area contributed by atoms with Gasteiger partial charge in [0.1, 0.15) is 0 Å². The van der Waals surface area contributed by atoms with Gasteiger partial charge in [0.2, 0.25) is 5.91 Å². The molecule has 0 saturated heterocycles. The van der Waals surface area contributed by atoms with Crippen LogP contribution in [0.15, 0.2) is 48.5 Å². The van der Waals surface area contributed by atoms with Gasteiger partial charge in [0.05, 0.1) is 6.54 Å². The minimum Gasteiger partial charge on any atom is -0.359 e. The minimum absolute atomic E-state index is 0.209. The van der Waals surface area contributed by atoms with Crippen molar-refractivity contribution in [3.05, 3.63) is 59.7 Å². The van der Waals surface area contributed by atoms with Crippen LogP contribution in [0.5, 0.6) is 0 Å². The van der Waals surface area contributed by atoms with Crippen LogP contribution in [0, 0.1) is 0 Å². The van der Waals surface area contributed by atoms with E-state index in [2.05, 4.69) is 54.3 Å². The van der Waals surface area contributed by atoms with Crippen molar-refractivity contribution in [1.82, 2.24) is 0 Å². The molecule has 23 heavy (non-hydrogen) atoms. The summed E-state index contributed by atoms with van der Waals surface area (Å²) < 4.78 is 0. The quantitative estimate of drug-likeness (QED) is 0.849. The van der Waals surface area contributed by atoms with Gasteiger partial charge >= 0.3 is 0 Å². The van der Waals surface area contributed by atoms with Crippen molar-refractivity contribution in [2.24, 2.45) is 0 Å². The number of rotatable bonds is 2. The Labute approximate surface area is 137 Å². The molecule has 4 rings (SSSR count). The molecule has 0 saturated carbocycles. The maximum absolute atomic E-state index is 13.0. The van der Waals surface area contributed by atoms with Crippen LogP contribution in [0.2, 0.25) is 0 Å². The SMILES string of the molecule is C[C@@H]1Cc2ccccc2N1CC(=O)N1CCCc2ccccc21. The first kappa shape index (κ1) is 14.3. The molecule has 3 nitrogen and oxygen atoms in total. The third-order valence-electron chi connectivity index (χ3n) is 5.07. The van der Waals surface area contributed by atoms with Crippen molar-refractivity contribution in [3.63, 3.8) is 0 Å². The van der Waals surface area contributed by atoms with Crippen LogP contribution in [0.1, 0.15) is 24.5 Å². The lowest BCUT2D eigenvalue weighted by atomic mass is 10.0. The van der Waals surface area contributed by atoms with E-state index in [0.29, 0.717) is 12.6 Å². The number of anilines is 2. The Balaban J connectivity index is 1.58. The molecule has 3 heteroatoms. The fourth-order valence-corrected chi connectivity index (χ4v) is 3.89. The Morgan fingerprint density at radius 1 is 1.04 bits per heavy atom. The highest BCUT2D eigenvalue weighted by Crippen LogP contribution is 2.32. The Hall–Kier alpha value is -2.29. The van der Waals surface area contributed by atoms with Crippen molar-refractivity contribution < 1.29 is 4.79 Å². The van der Waals surface area contributed by atoms with Crippen molar-refractivity contribution >= 4 is 17.3 Å². The summed E-state index contributed by atoms with van der Waals surface area (Å²) in [4.78, 5) is 17.2. The Kier molecular flexibility index (Phi) is 3.56. The number of carbonyl (C=O) groups excluding carboxylic acids is 1. The molecule has 118 valence electrons. The third kappa shape index (κ3) is 2.50. The third-order valence-corrected chi connectivity index (χ3v) is 5.07. The van der Waals surface area contributed by atoms with Crippen LogP contribution in [0.3, 0.4) is 0 Å². The lowest BCUT2D eigenvalue weighted by Gasteiger charge is -2.32. The molecule has 0 N–H and O–H groups in total. The largest absolute Gasteiger partial charge is 0.359 e. The summed E-state index contributed by atoms with van der Waals surface area (Å²) in [6.45, 7) is 3.50. The van der Waals surface area contributed by atoms with Crippen LogP contribution >= 0.6 is 0 Å². The van der Waals surface area contributed by atoms with Gasteiger partial charge in [0.25, 0.3) is 0 Å². The van der Waals surface area contributed by atoms with E-state index >= 15 is 0 Å². The van der Waals surface area contributed by atoms with E-state index in [1.807, 2.05) is 11.0 Å². The van der Waals surface area contributed by atoms with Gasteiger partial charge < -0.3 is 9.80 Å². The van der Waals surface area contributed by atoms with Gasteiger partial charge in [-0.2, -0.15) is 0 Å². The first-order valence-corrected chi connectivity index (χ1v) is 8.47. The van der Waals surface area contributed by atoms with E-state index in [1.165, 1.54) is 16.8 Å². The molecule has 0 spiro atoms. The van der Waals surface area contributed by atoms with E-state index in [4.69, 9.17) is 0 Å². The summed E-state index contributed by atoms with van der Waals surface area (Å²) in [6, 6.07) is 17.1. The molecular weight excluding hydrogens is 284 g/mol. The van der Waals surface area contributed by atoms with E-state index in [1.54, 1.807) is 0 Å². The molecule has 0 aliphatic carbocycles. The van der Waals surface area contributed by atoms with Gasteiger partial charge in [-0.25, -0.2) is 0 Å². The predicted octanol–water partition coefficient (Wildman–Crippen LogP) is 3.42. The van der Waals surface area contributed by atoms with Crippen molar-refractivity contribution in [3.8, 4) is 0 Å². The van der Waals surface area contributed by atoms with Gasteiger partial charge in [-0.3, -0.25) is 4.79 Å². The van der Waals surface area contributed by atoms with Crippen molar-refractivity contribution in [1.29, 1.82) is 0 Å². The highest BCUT2D eigenvalue weighted by molar-refractivity contribution is 5.97. The van der Waals surface area contributed by atoms with E-state index in [-0.39, 0.29) is 5.91 Å². The predicted molar refractivity (Wildman–Crippen MR) is 94.1 cm³/mol. The van der Waals surface area contributed by atoms with Crippen LogP contribution in [-0.2, 0) is 17.6 Å². The second-order valence-electron chi connectivity index (χ2n) is 6.59. The molecule has 1 amide bonds. The second-order valence-corrected chi connectivity index (χ2v) is 6.59. The summed E-state index contributed by atoms with van der Waals surface area (Å²) in [6.07, 6.45) is 3.15. The number of nitrogens with zero attached hydrogens (tertiary/aromatic N) is 2. The average molecular weight is 306 g/mol. The highest BCUT2D eigenvalue weighted by atomic mass is 16.2. The van der Waals surface area contributed by atoms with Crippen LogP contribution in [0.4, 0.5) is 11.4 Å². The fraction of sp³-hybridized carbons (Fsp3) is 0.350. The number of carbonyl (C=O) groups is 1. The molecule has 0 radical (unpaired) electrons. The summed E-state index contributed by atoms with van der Waals surface area (Å²) in [5, 5.41) is 0. The molecule has 2 aromatic carbocycles. The van der Waals surface area contributed by atoms with E-state index in [0.717, 1.165) is 31.5 Å². The van der Waals surface area contributed by atoms with Gasteiger partial charge in [-0.15, -0.1) is 0 Å². The first-order chi connectivity index (χ1) is 11.2. The smallest absolute Gasteiger partial charge is 0.246 e. The second kappa shape index (κ2) is 5.73. The van der Waals surface area contributed by atoms with Gasteiger partial charge in [0, 0.05) is 24.0 Å². The van der Waals surface area contributed by atoms with Crippen molar-refractivity contribution in [2.75, 3.05) is 22.9 Å². The van der Waals surface area contributed by atoms with Crippen LogP contribution in [-0.4, -0.2) is 25.0 Å². The molecule has 0 bridgehead atoms. The number of hydrogen-bond donors (Lipinski definition) is 0. The molecule has 2 aliphatic heterocycles. The lowest BCUT2D eigenvalue weighted by Crippen LogP contribution is -2.44. The van der Waals surface area contributed by atoms with Crippen molar-refractivity contribution in [2.45, 2.75) is 32.2 Å². The molecule has 1 atom stereocenters. The number of amides is 1. The van der Waals surface area contributed by atoms with Crippen LogP contribution < -0.4 is 9.80 Å². The minimum atomic E-state index is 0.209. The normalized spacial score (nSPS) is 19.4.